The molecule has 1 amide bonds. The number of hydrogen-bond acceptors (Lipinski definition) is 6. The van der Waals surface area contributed by atoms with Gasteiger partial charge < -0.3 is 10.1 Å². The van der Waals surface area contributed by atoms with Gasteiger partial charge in [-0.2, -0.15) is 0 Å². The number of aryl methyl sites for hydroxylation is 1. The Bertz CT molecular complexity index is 830. The van der Waals surface area contributed by atoms with Gasteiger partial charge in [-0.1, -0.05) is 29.0 Å². The fourth-order valence-corrected chi connectivity index (χ4v) is 2.86. The summed E-state index contributed by atoms with van der Waals surface area (Å²) in [4.78, 5) is 16.2. The first-order valence-corrected chi connectivity index (χ1v) is 7.82. The third-order valence-corrected chi connectivity index (χ3v) is 4.14. The van der Waals surface area contributed by atoms with Crippen LogP contribution in [0.2, 0.25) is 0 Å². The van der Waals surface area contributed by atoms with Crippen LogP contribution in [-0.4, -0.2) is 17.5 Å². The van der Waals surface area contributed by atoms with Crippen LogP contribution in [0.1, 0.15) is 5.56 Å². The minimum atomic E-state index is -0.216. The van der Waals surface area contributed by atoms with Crippen molar-refractivity contribution in [3.63, 3.8) is 0 Å². The Kier molecular flexibility index (Phi) is 4.40. The molecule has 0 aliphatic heterocycles. The highest BCUT2D eigenvalue weighted by atomic mass is 32.1. The normalized spacial score (nSPS) is 10.5. The molecule has 0 aliphatic carbocycles. The lowest BCUT2D eigenvalue weighted by atomic mass is 10.2. The molecule has 0 spiro atoms. The quantitative estimate of drug-likeness (QED) is 0.495. The second-order valence-electron chi connectivity index (χ2n) is 5.00. The monoisotopic (exact) mass is 328 g/mol. The number of benzene rings is 2. The number of thiazole rings is 1. The van der Waals surface area contributed by atoms with Crippen LogP contribution in [0, 0.1) is 6.92 Å². The molecule has 4 N–H and O–H groups in total. The summed E-state index contributed by atoms with van der Waals surface area (Å²) >= 11 is 1.42. The number of nitrogens with two attached hydrogens (primary N) is 1. The van der Waals surface area contributed by atoms with Crippen LogP contribution in [0.25, 0.3) is 10.2 Å². The molecule has 0 bridgehead atoms. The zero-order valence-corrected chi connectivity index (χ0v) is 13.3. The van der Waals surface area contributed by atoms with E-state index in [0.717, 1.165) is 15.8 Å². The summed E-state index contributed by atoms with van der Waals surface area (Å²) in [6.07, 6.45) is 0. The number of aromatic nitrogens is 1. The maximum absolute atomic E-state index is 12.0. The number of hydrazine groups is 1. The molecule has 3 rings (SSSR count). The van der Waals surface area contributed by atoms with Gasteiger partial charge in [0.25, 0.3) is 5.91 Å². The molecule has 0 saturated heterocycles. The lowest BCUT2D eigenvalue weighted by Gasteiger charge is -2.07. The summed E-state index contributed by atoms with van der Waals surface area (Å²) in [7, 11) is 0. The van der Waals surface area contributed by atoms with Gasteiger partial charge in [-0.05, 0) is 37.3 Å². The van der Waals surface area contributed by atoms with Crippen molar-refractivity contribution in [1.82, 2.24) is 4.98 Å². The highest BCUT2D eigenvalue weighted by Gasteiger charge is 2.07. The topological polar surface area (TPSA) is 89.3 Å². The number of carbonyl (C=O) groups excluding carboxylic acids is 1. The van der Waals surface area contributed by atoms with Gasteiger partial charge in [0.2, 0.25) is 0 Å². The second kappa shape index (κ2) is 6.64. The van der Waals surface area contributed by atoms with Crippen molar-refractivity contribution >= 4 is 38.3 Å². The van der Waals surface area contributed by atoms with Crippen molar-refractivity contribution in [3.8, 4) is 5.75 Å². The predicted molar refractivity (Wildman–Crippen MR) is 92.7 cm³/mol. The molecule has 0 unspecified atom stereocenters. The van der Waals surface area contributed by atoms with Gasteiger partial charge >= 0.3 is 0 Å². The number of ether oxygens (including phenoxy) is 1. The first-order valence-electron chi connectivity index (χ1n) is 7.00. The zero-order chi connectivity index (χ0) is 16.2. The van der Waals surface area contributed by atoms with Crippen molar-refractivity contribution in [3.05, 3.63) is 48.0 Å². The van der Waals surface area contributed by atoms with Crippen molar-refractivity contribution < 1.29 is 9.53 Å². The standard InChI is InChI=1S/C16H16N4O2S/c1-10-2-5-12(6-3-10)22-9-15(21)18-11-4-7-13-14(8-11)23-16(19-13)20-17/h2-8H,9,17H2,1H3,(H,18,21)(H,19,20). The van der Waals surface area contributed by atoms with Crippen LogP contribution >= 0.6 is 11.3 Å². The third kappa shape index (κ3) is 3.77. The Balaban J connectivity index is 1.61. The van der Waals surface area contributed by atoms with E-state index in [1.807, 2.05) is 43.3 Å². The molecule has 3 aromatic rings. The summed E-state index contributed by atoms with van der Waals surface area (Å²) in [5.41, 5.74) is 5.19. The van der Waals surface area contributed by atoms with Gasteiger partial charge in [-0.25, -0.2) is 10.8 Å². The molecule has 0 fully saturated rings. The number of carbonyl (C=O) groups is 1. The van der Waals surface area contributed by atoms with Crippen LogP contribution in [0.3, 0.4) is 0 Å². The molecule has 0 atom stereocenters. The highest BCUT2D eigenvalue weighted by Crippen LogP contribution is 2.27. The largest absolute Gasteiger partial charge is 0.484 e. The molecular formula is C16H16N4O2S. The third-order valence-electron chi connectivity index (χ3n) is 3.19. The number of nitrogens with zero attached hydrogens (tertiary/aromatic N) is 1. The maximum atomic E-state index is 12.0. The van der Waals surface area contributed by atoms with E-state index in [1.54, 1.807) is 6.07 Å². The SMILES string of the molecule is Cc1ccc(OCC(=O)Nc2ccc3nc(NN)sc3c2)cc1. The van der Waals surface area contributed by atoms with E-state index in [9.17, 15) is 4.79 Å². The highest BCUT2D eigenvalue weighted by molar-refractivity contribution is 7.22. The summed E-state index contributed by atoms with van der Waals surface area (Å²) in [5.74, 6) is 5.80. The Morgan fingerprint density at radius 2 is 2.04 bits per heavy atom. The van der Waals surface area contributed by atoms with E-state index in [1.165, 1.54) is 11.3 Å². The van der Waals surface area contributed by atoms with E-state index in [0.29, 0.717) is 16.6 Å². The maximum Gasteiger partial charge on any atom is 0.262 e. The summed E-state index contributed by atoms with van der Waals surface area (Å²) in [6, 6.07) is 13.1. The molecule has 23 heavy (non-hydrogen) atoms. The average Bonchev–Trinajstić information content (AvgIpc) is 2.97. The molecule has 0 saturated carbocycles. The fraction of sp³-hybridized carbons (Fsp3) is 0.125. The van der Waals surface area contributed by atoms with Crippen molar-refractivity contribution in [2.75, 3.05) is 17.3 Å². The number of fused-ring (bicyclic) bond motifs is 1. The van der Waals surface area contributed by atoms with Gasteiger partial charge in [0, 0.05) is 5.69 Å². The number of nitrogens with one attached hydrogen (secondary N) is 2. The number of hydrogen-bond donors (Lipinski definition) is 3. The van der Waals surface area contributed by atoms with Crippen LogP contribution in [-0.2, 0) is 4.79 Å². The Hall–Kier alpha value is -2.64. The molecule has 1 heterocycles. The Morgan fingerprint density at radius 1 is 1.26 bits per heavy atom. The van der Waals surface area contributed by atoms with Crippen LogP contribution in [0.15, 0.2) is 42.5 Å². The molecule has 0 radical (unpaired) electrons. The Labute approximate surface area is 137 Å². The smallest absolute Gasteiger partial charge is 0.262 e. The first kappa shape index (κ1) is 15.3. The first-order chi connectivity index (χ1) is 11.1. The van der Waals surface area contributed by atoms with Gasteiger partial charge in [0.05, 0.1) is 10.2 Å². The van der Waals surface area contributed by atoms with Gasteiger partial charge in [0.1, 0.15) is 5.75 Å². The van der Waals surface area contributed by atoms with E-state index in [2.05, 4.69) is 15.7 Å². The lowest BCUT2D eigenvalue weighted by Crippen LogP contribution is -2.20. The minimum Gasteiger partial charge on any atom is -0.484 e. The molecule has 118 valence electrons. The van der Waals surface area contributed by atoms with Gasteiger partial charge in [-0.3, -0.25) is 10.2 Å². The number of nitrogen functional groups attached to an aromatic ring is 1. The number of anilines is 2. The molecule has 6 nitrogen and oxygen atoms in total. The molecule has 2 aromatic carbocycles. The predicted octanol–water partition coefficient (Wildman–Crippen LogP) is 2.91. The molecule has 7 heteroatoms. The minimum absolute atomic E-state index is 0.0423. The van der Waals surface area contributed by atoms with E-state index >= 15 is 0 Å². The lowest BCUT2D eigenvalue weighted by molar-refractivity contribution is -0.118. The molecule has 1 aromatic heterocycles. The summed E-state index contributed by atoms with van der Waals surface area (Å²) < 4.78 is 6.40. The van der Waals surface area contributed by atoms with Crippen LogP contribution in [0.5, 0.6) is 5.75 Å². The van der Waals surface area contributed by atoms with Crippen LogP contribution in [0.4, 0.5) is 10.8 Å². The van der Waals surface area contributed by atoms with Crippen LogP contribution < -0.4 is 21.3 Å². The Morgan fingerprint density at radius 3 is 2.78 bits per heavy atom. The van der Waals surface area contributed by atoms with E-state index in [4.69, 9.17) is 10.6 Å². The zero-order valence-electron chi connectivity index (χ0n) is 12.5. The van der Waals surface area contributed by atoms with E-state index < -0.39 is 0 Å². The summed E-state index contributed by atoms with van der Waals surface area (Å²) in [6.45, 7) is 1.96. The number of amides is 1. The number of rotatable bonds is 5. The second-order valence-corrected chi connectivity index (χ2v) is 6.03. The average molecular weight is 328 g/mol. The fourth-order valence-electron chi connectivity index (χ4n) is 2.04. The van der Waals surface area contributed by atoms with E-state index in [-0.39, 0.29) is 12.5 Å². The van der Waals surface area contributed by atoms with Gasteiger partial charge in [-0.15, -0.1) is 0 Å². The van der Waals surface area contributed by atoms with Crippen molar-refractivity contribution in [2.45, 2.75) is 6.92 Å². The molecular weight excluding hydrogens is 312 g/mol. The van der Waals surface area contributed by atoms with Crippen molar-refractivity contribution in [1.29, 1.82) is 0 Å². The summed E-state index contributed by atoms with van der Waals surface area (Å²) in [5, 5.41) is 3.44. The van der Waals surface area contributed by atoms with Gasteiger partial charge in [0.15, 0.2) is 11.7 Å². The van der Waals surface area contributed by atoms with Crippen molar-refractivity contribution in [2.24, 2.45) is 5.84 Å². The molecule has 0 aliphatic rings.